The first kappa shape index (κ1) is 13.7. The van der Waals surface area contributed by atoms with Crippen molar-refractivity contribution < 1.29 is 9.21 Å². The molecule has 1 atom stereocenters. The van der Waals surface area contributed by atoms with Crippen molar-refractivity contribution >= 4 is 5.78 Å². The average molecular weight is 236 g/mol. The van der Waals surface area contributed by atoms with Crippen LogP contribution in [0.1, 0.15) is 42.7 Å². The lowest BCUT2D eigenvalue weighted by Crippen LogP contribution is -2.17. The summed E-state index contributed by atoms with van der Waals surface area (Å²) >= 11 is 0. The largest absolute Gasteiger partial charge is 0.427 e. The SMILES string of the molecule is CCC(C)C(=O)Cc1oc(=O)c(C)c(C)c1C. The van der Waals surface area contributed by atoms with Crippen molar-refractivity contribution in [1.29, 1.82) is 0 Å². The molecule has 0 N–H and O–H groups in total. The third-order valence-corrected chi connectivity index (χ3v) is 3.56. The molecule has 0 saturated heterocycles. The van der Waals surface area contributed by atoms with E-state index in [4.69, 9.17) is 4.42 Å². The summed E-state index contributed by atoms with van der Waals surface area (Å²) in [5.74, 6) is 0.659. The van der Waals surface area contributed by atoms with Gasteiger partial charge in [0, 0.05) is 11.5 Å². The van der Waals surface area contributed by atoms with Gasteiger partial charge in [-0.05, 0) is 38.3 Å². The highest BCUT2D eigenvalue weighted by molar-refractivity contribution is 5.82. The van der Waals surface area contributed by atoms with Crippen LogP contribution in [0.4, 0.5) is 0 Å². The first-order chi connectivity index (χ1) is 7.88. The number of hydrogen-bond donors (Lipinski definition) is 0. The number of hydrogen-bond acceptors (Lipinski definition) is 3. The molecule has 0 radical (unpaired) electrons. The predicted octanol–water partition coefficient (Wildman–Crippen LogP) is 2.72. The van der Waals surface area contributed by atoms with Gasteiger partial charge in [-0.25, -0.2) is 4.79 Å². The van der Waals surface area contributed by atoms with Gasteiger partial charge in [-0.1, -0.05) is 13.8 Å². The zero-order valence-corrected chi connectivity index (χ0v) is 11.2. The van der Waals surface area contributed by atoms with Gasteiger partial charge >= 0.3 is 5.63 Å². The molecular formula is C14H20O3. The Morgan fingerprint density at radius 1 is 1.18 bits per heavy atom. The fourth-order valence-corrected chi connectivity index (χ4v) is 1.64. The smallest absolute Gasteiger partial charge is 0.339 e. The Hall–Kier alpha value is -1.38. The van der Waals surface area contributed by atoms with Gasteiger partial charge < -0.3 is 4.42 Å². The van der Waals surface area contributed by atoms with E-state index in [-0.39, 0.29) is 23.7 Å². The molecule has 0 aromatic carbocycles. The average Bonchev–Trinajstić information content (AvgIpc) is 2.32. The second-order valence-electron chi connectivity index (χ2n) is 4.64. The van der Waals surface area contributed by atoms with Crippen LogP contribution in [0.3, 0.4) is 0 Å². The molecule has 94 valence electrons. The number of rotatable bonds is 4. The second-order valence-corrected chi connectivity index (χ2v) is 4.64. The van der Waals surface area contributed by atoms with Gasteiger partial charge in [-0.2, -0.15) is 0 Å². The van der Waals surface area contributed by atoms with Crippen LogP contribution in [0.15, 0.2) is 9.21 Å². The van der Waals surface area contributed by atoms with Crippen LogP contribution >= 0.6 is 0 Å². The fraction of sp³-hybridized carbons (Fsp3) is 0.571. The number of carbonyl (C=O) groups is 1. The maximum atomic E-state index is 11.8. The van der Waals surface area contributed by atoms with Crippen LogP contribution in [-0.2, 0) is 11.2 Å². The highest BCUT2D eigenvalue weighted by atomic mass is 16.4. The van der Waals surface area contributed by atoms with Crippen molar-refractivity contribution in [2.45, 2.75) is 47.5 Å². The number of ketones is 1. The van der Waals surface area contributed by atoms with Crippen molar-refractivity contribution in [1.82, 2.24) is 0 Å². The zero-order valence-electron chi connectivity index (χ0n) is 11.2. The minimum absolute atomic E-state index is 0.0151. The van der Waals surface area contributed by atoms with Gasteiger partial charge in [-0.15, -0.1) is 0 Å². The Morgan fingerprint density at radius 2 is 1.76 bits per heavy atom. The standard InChI is InChI=1S/C14H20O3/c1-6-8(2)12(15)7-13-10(4)9(3)11(5)14(16)17-13/h8H,6-7H2,1-5H3. The number of Topliss-reactive ketones (excluding diaryl/α,β-unsaturated/α-hetero) is 1. The minimum atomic E-state index is -0.333. The third kappa shape index (κ3) is 2.84. The molecule has 0 saturated carbocycles. The van der Waals surface area contributed by atoms with E-state index in [0.717, 1.165) is 17.5 Å². The lowest BCUT2D eigenvalue weighted by molar-refractivity contribution is -0.122. The third-order valence-electron chi connectivity index (χ3n) is 3.56. The van der Waals surface area contributed by atoms with Crippen LogP contribution in [0, 0.1) is 26.7 Å². The Bertz CT molecular complexity index is 483. The highest BCUT2D eigenvalue weighted by Gasteiger charge is 2.17. The lowest BCUT2D eigenvalue weighted by Gasteiger charge is -2.11. The molecule has 1 unspecified atom stereocenters. The van der Waals surface area contributed by atoms with E-state index in [1.165, 1.54) is 0 Å². The molecule has 0 aliphatic heterocycles. The molecule has 0 spiro atoms. The minimum Gasteiger partial charge on any atom is -0.427 e. The first-order valence-electron chi connectivity index (χ1n) is 6.00. The van der Waals surface area contributed by atoms with Gasteiger partial charge in [0.05, 0.1) is 6.42 Å². The second kappa shape index (κ2) is 5.30. The van der Waals surface area contributed by atoms with Crippen molar-refractivity contribution in [3.05, 3.63) is 32.9 Å². The Balaban J connectivity index is 3.09. The Kier molecular flexibility index (Phi) is 4.27. The molecule has 3 heteroatoms. The molecular weight excluding hydrogens is 216 g/mol. The summed E-state index contributed by atoms with van der Waals surface area (Å²) in [6.07, 6.45) is 1.03. The molecule has 0 aliphatic carbocycles. The molecule has 1 heterocycles. The van der Waals surface area contributed by atoms with Gasteiger partial charge in [0.15, 0.2) is 0 Å². The van der Waals surface area contributed by atoms with E-state index in [0.29, 0.717) is 11.3 Å². The van der Waals surface area contributed by atoms with Crippen LogP contribution < -0.4 is 5.63 Å². The molecule has 0 aliphatic rings. The summed E-state index contributed by atoms with van der Waals surface area (Å²) in [4.78, 5) is 23.4. The lowest BCUT2D eigenvalue weighted by atomic mass is 9.97. The van der Waals surface area contributed by atoms with E-state index < -0.39 is 0 Å². The summed E-state index contributed by atoms with van der Waals surface area (Å²) in [6, 6.07) is 0. The predicted molar refractivity (Wildman–Crippen MR) is 67.4 cm³/mol. The Labute approximate surface area is 102 Å². The van der Waals surface area contributed by atoms with Crippen molar-refractivity contribution in [3.63, 3.8) is 0 Å². The highest BCUT2D eigenvalue weighted by Crippen LogP contribution is 2.16. The molecule has 0 bridgehead atoms. The van der Waals surface area contributed by atoms with Crippen molar-refractivity contribution in [2.24, 2.45) is 5.92 Å². The van der Waals surface area contributed by atoms with Crippen molar-refractivity contribution in [2.75, 3.05) is 0 Å². The van der Waals surface area contributed by atoms with E-state index in [1.54, 1.807) is 6.92 Å². The van der Waals surface area contributed by atoms with E-state index in [9.17, 15) is 9.59 Å². The van der Waals surface area contributed by atoms with Gasteiger partial charge in [0.1, 0.15) is 11.5 Å². The summed E-state index contributed by atoms with van der Waals surface area (Å²) in [6.45, 7) is 9.40. The molecule has 3 nitrogen and oxygen atoms in total. The summed E-state index contributed by atoms with van der Waals surface area (Å²) in [5.41, 5.74) is 2.13. The molecule has 1 rings (SSSR count). The monoisotopic (exact) mass is 236 g/mol. The van der Waals surface area contributed by atoms with E-state index in [1.807, 2.05) is 27.7 Å². The summed E-state index contributed by atoms with van der Waals surface area (Å²) in [7, 11) is 0. The van der Waals surface area contributed by atoms with E-state index >= 15 is 0 Å². The van der Waals surface area contributed by atoms with Gasteiger partial charge in [-0.3, -0.25) is 4.79 Å². The van der Waals surface area contributed by atoms with E-state index in [2.05, 4.69) is 0 Å². The van der Waals surface area contributed by atoms with Crippen LogP contribution in [-0.4, -0.2) is 5.78 Å². The first-order valence-corrected chi connectivity index (χ1v) is 6.00. The fourth-order valence-electron chi connectivity index (χ4n) is 1.64. The van der Waals surface area contributed by atoms with Crippen LogP contribution in [0.2, 0.25) is 0 Å². The maximum absolute atomic E-state index is 11.8. The molecule has 17 heavy (non-hydrogen) atoms. The molecule has 0 fully saturated rings. The molecule has 1 aromatic heterocycles. The van der Waals surface area contributed by atoms with Crippen LogP contribution in [0.25, 0.3) is 0 Å². The Morgan fingerprint density at radius 3 is 2.29 bits per heavy atom. The van der Waals surface area contributed by atoms with Gasteiger partial charge in [0.2, 0.25) is 0 Å². The zero-order chi connectivity index (χ0) is 13.2. The molecule has 1 aromatic rings. The van der Waals surface area contributed by atoms with Gasteiger partial charge in [0.25, 0.3) is 0 Å². The van der Waals surface area contributed by atoms with Crippen LogP contribution in [0.5, 0.6) is 0 Å². The molecule has 0 amide bonds. The summed E-state index contributed by atoms with van der Waals surface area (Å²) in [5, 5.41) is 0. The number of carbonyl (C=O) groups excluding carboxylic acids is 1. The normalized spacial score (nSPS) is 12.5. The topological polar surface area (TPSA) is 47.3 Å². The maximum Gasteiger partial charge on any atom is 0.339 e. The summed E-state index contributed by atoms with van der Waals surface area (Å²) < 4.78 is 5.21. The van der Waals surface area contributed by atoms with Crippen molar-refractivity contribution in [3.8, 4) is 0 Å². The quantitative estimate of drug-likeness (QED) is 0.807.